The molecule has 19 heavy (non-hydrogen) atoms. The predicted octanol–water partition coefficient (Wildman–Crippen LogP) is 3.05. The highest BCUT2D eigenvalue weighted by Crippen LogP contribution is 2.33. The molecule has 0 radical (unpaired) electrons. The lowest BCUT2D eigenvalue weighted by Crippen LogP contribution is -2.25. The molecule has 0 bridgehead atoms. The van der Waals surface area contributed by atoms with Crippen LogP contribution in [0.2, 0.25) is 0 Å². The van der Waals surface area contributed by atoms with Crippen molar-refractivity contribution in [2.75, 3.05) is 4.90 Å². The summed E-state index contributed by atoms with van der Waals surface area (Å²) in [5.41, 5.74) is 6.94. The van der Waals surface area contributed by atoms with Gasteiger partial charge in [-0.15, -0.1) is 0 Å². The van der Waals surface area contributed by atoms with Crippen molar-refractivity contribution in [2.24, 2.45) is 5.73 Å². The van der Waals surface area contributed by atoms with Crippen molar-refractivity contribution in [3.63, 3.8) is 0 Å². The smallest absolute Gasteiger partial charge is 0.129 e. The van der Waals surface area contributed by atoms with Gasteiger partial charge in [0.25, 0.3) is 0 Å². The van der Waals surface area contributed by atoms with E-state index in [2.05, 4.69) is 4.90 Å². The van der Waals surface area contributed by atoms with Crippen LogP contribution in [0.3, 0.4) is 0 Å². The Morgan fingerprint density at radius 3 is 2.74 bits per heavy atom. The number of benzene rings is 1. The molecule has 2 aromatic rings. The van der Waals surface area contributed by atoms with Gasteiger partial charge >= 0.3 is 0 Å². The topological polar surface area (TPSA) is 42.4 Å². The number of anilines is 1. The first-order valence-corrected chi connectivity index (χ1v) is 6.55. The highest BCUT2D eigenvalue weighted by Gasteiger charge is 2.30. The lowest BCUT2D eigenvalue weighted by Gasteiger charge is -2.24. The average Bonchev–Trinajstić information content (AvgIpc) is 3.13. The molecule has 0 atom stereocenters. The summed E-state index contributed by atoms with van der Waals surface area (Å²) in [6.45, 7) is 0.910. The van der Waals surface area contributed by atoms with Crippen molar-refractivity contribution in [3.05, 3.63) is 53.7 Å². The molecule has 3 rings (SSSR count). The molecule has 1 aromatic carbocycles. The molecule has 1 saturated carbocycles. The van der Waals surface area contributed by atoms with E-state index >= 15 is 0 Å². The highest BCUT2D eigenvalue weighted by molar-refractivity contribution is 5.50. The Morgan fingerprint density at radius 2 is 2.16 bits per heavy atom. The van der Waals surface area contributed by atoms with Gasteiger partial charge in [0, 0.05) is 23.8 Å². The second-order valence-corrected chi connectivity index (χ2v) is 4.92. The van der Waals surface area contributed by atoms with Crippen LogP contribution in [0.1, 0.15) is 24.2 Å². The van der Waals surface area contributed by atoms with Crippen LogP contribution in [0.5, 0.6) is 0 Å². The van der Waals surface area contributed by atoms with Crippen molar-refractivity contribution in [1.82, 2.24) is 0 Å². The van der Waals surface area contributed by atoms with Crippen molar-refractivity contribution in [3.8, 4) is 0 Å². The van der Waals surface area contributed by atoms with Crippen LogP contribution < -0.4 is 10.6 Å². The maximum atomic E-state index is 13.8. The number of hydrogen-bond donors (Lipinski definition) is 1. The first-order chi connectivity index (χ1) is 9.28. The molecule has 1 aliphatic rings. The molecule has 0 spiro atoms. The van der Waals surface area contributed by atoms with E-state index in [-0.39, 0.29) is 12.4 Å². The minimum atomic E-state index is -0.231. The average molecular weight is 260 g/mol. The molecule has 4 heteroatoms. The first-order valence-electron chi connectivity index (χ1n) is 6.55. The minimum Gasteiger partial charge on any atom is -0.467 e. The monoisotopic (exact) mass is 260 g/mol. The lowest BCUT2D eigenvalue weighted by atomic mass is 10.1. The molecule has 3 nitrogen and oxygen atoms in total. The summed E-state index contributed by atoms with van der Waals surface area (Å²) in [5.74, 6) is 0.667. The van der Waals surface area contributed by atoms with Crippen LogP contribution in [0, 0.1) is 5.82 Å². The fourth-order valence-corrected chi connectivity index (χ4v) is 2.27. The third-order valence-corrected chi connectivity index (χ3v) is 3.48. The quantitative estimate of drug-likeness (QED) is 0.898. The highest BCUT2D eigenvalue weighted by atomic mass is 19.1. The summed E-state index contributed by atoms with van der Waals surface area (Å²) in [6.07, 6.45) is 3.97. The number of halogens is 1. The molecule has 1 fully saturated rings. The van der Waals surface area contributed by atoms with E-state index in [0.29, 0.717) is 18.2 Å². The molecule has 0 amide bonds. The van der Waals surface area contributed by atoms with Gasteiger partial charge in [0.15, 0.2) is 0 Å². The fraction of sp³-hybridized carbons (Fsp3) is 0.333. The van der Waals surface area contributed by atoms with E-state index in [0.717, 1.165) is 24.3 Å². The number of hydrogen-bond acceptors (Lipinski definition) is 3. The third-order valence-electron chi connectivity index (χ3n) is 3.48. The van der Waals surface area contributed by atoms with Gasteiger partial charge in [-0.3, -0.25) is 0 Å². The van der Waals surface area contributed by atoms with Gasteiger partial charge in [-0.05, 0) is 37.1 Å². The number of rotatable bonds is 5. The fourth-order valence-electron chi connectivity index (χ4n) is 2.27. The van der Waals surface area contributed by atoms with Gasteiger partial charge in [-0.1, -0.05) is 6.07 Å². The zero-order valence-electron chi connectivity index (χ0n) is 10.7. The molecule has 1 aliphatic carbocycles. The van der Waals surface area contributed by atoms with Crippen LogP contribution in [0.25, 0.3) is 0 Å². The zero-order valence-corrected chi connectivity index (χ0v) is 10.7. The van der Waals surface area contributed by atoms with Crippen LogP contribution in [-0.4, -0.2) is 6.04 Å². The van der Waals surface area contributed by atoms with Crippen molar-refractivity contribution >= 4 is 5.69 Å². The summed E-state index contributed by atoms with van der Waals surface area (Å²) in [5, 5.41) is 0. The van der Waals surface area contributed by atoms with Crippen LogP contribution in [0.15, 0.2) is 41.0 Å². The Balaban J connectivity index is 1.85. The molecule has 0 saturated heterocycles. The third kappa shape index (κ3) is 2.63. The molecule has 1 heterocycles. The van der Waals surface area contributed by atoms with Crippen LogP contribution >= 0.6 is 0 Å². The zero-order chi connectivity index (χ0) is 13.2. The molecule has 100 valence electrons. The maximum Gasteiger partial charge on any atom is 0.129 e. The van der Waals surface area contributed by atoms with E-state index in [9.17, 15) is 4.39 Å². The number of furan rings is 1. The summed E-state index contributed by atoms with van der Waals surface area (Å²) in [6, 6.07) is 9.59. The van der Waals surface area contributed by atoms with E-state index in [4.69, 9.17) is 10.2 Å². The summed E-state index contributed by atoms with van der Waals surface area (Å²) in [4.78, 5) is 2.20. The van der Waals surface area contributed by atoms with E-state index in [1.54, 1.807) is 18.4 Å². The van der Waals surface area contributed by atoms with E-state index in [1.807, 2.05) is 18.2 Å². The molecule has 2 N–H and O–H groups in total. The Morgan fingerprint density at radius 1 is 1.32 bits per heavy atom. The standard InChI is InChI=1S/C15H17FN2O/c16-15-8-13(4-3-11(15)9-17)18(12-5-6-12)10-14-2-1-7-19-14/h1-4,7-8,12H,5-6,9-10,17H2. The number of nitrogens with zero attached hydrogens (tertiary/aromatic N) is 1. The molecule has 0 aliphatic heterocycles. The number of nitrogens with two attached hydrogens (primary N) is 1. The lowest BCUT2D eigenvalue weighted by molar-refractivity contribution is 0.500. The summed E-state index contributed by atoms with van der Waals surface area (Å²) >= 11 is 0. The van der Waals surface area contributed by atoms with Crippen LogP contribution in [0.4, 0.5) is 10.1 Å². The summed E-state index contributed by atoms with van der Waals surface area (Å²) in [7, 11) is 0. The van der Waals surface area contributed by atoms with Gasteiger partial charge in [0.05, 0.1) is 12.8 Å². The van der Waals surface area contributed by atoms with E-state index < -0.39 is 0 Å². The predicted molar refractivity (Wildman–Crippen MR) is 72.2 cm³/mol. The molecule has 1 aromatic heterocycles. The summed E-state index contributed by atoms with van der Waals surface area (Å²) < 4.78 is 19.2. The Bertz CT molecular complexity index is 549. The first kappa shape index (κ1) is 12.2. The minimum absolute atomic E-state index is 0.230. The van der Waals surface area contributed by atoms with Crippen molar-refractivity contribution < 1.29 is 8.81 Å². The molecular weight excluding hydrogens is 243 g/mol. The van der Waals surface area contributed by atoms with Gasteiger partial charge in [-0.2, -0.15) is 0 Å². The SMILES string of the molecule is NCc1ccc(N(Cc2ccco2)C2CC2)cc1F. The van der Waals surface area contributed by atoms with Crippen LogP contribution in [-0.2, 0) is 13.1 Å². The Hall–Kier alpha value is -1.81. The second kappa shape index (κ2) is 5.05. The Labute approximate surface area is 111 Å². The molecule has 0 unspecified atom stereocenters. The second-order valence-electron chi connectivity index (χ2n) is 4.92. The maximum absolute atomic E-state index is 13.8. The van der Waals surface area contributed by atoms with Gasteiger partial charge in [0.2, 0.25) is 0 Å². The van der Waals surface area contributed by atoms with Crippen molar-refractivity contribution in [1.29, 1.82) is 0 Å². The van der Waals surface area contributed by atoms with Gasteiger partial charge < -0.3 is 15.1 Å². The van der Waals surface area contributed by atoms with Crippen molar-refractivity contribution in [2.45, 2.75) is 32.0 Å². The van der Waals surface area contributed by atoms with E-state index in [1.165, 1.54) is 0 Å². The van der Waals surface area contributed by atoms with Gasteiger partial charge in [-0.25, -0.2) is 4.39 Å². The Kier molecular flexibility index (Phi) is 3.25. The normalized spacial score (nSPS) is 14.6. The molecular formula is C15H17FN2O. The largest absolute Gasteiger partial charge is 0.467 e. The van der Waals surface area contributed by atoms with Gasteiger partial charge in [0.1, 0.15) is 11.6 Å².